The summed E-state index contributed by atoms with van der Waals surface area (Å²) < 4.78 is 1.90. The molecule has 7 heteroatoms. The molecule has 1 saturated heterocycles. The van der Waals surface area contributed by atoms with Gasteiger partial charge in [-0.25, -0.2) is 4.98 Å². The Labute approximate surface area is 198 Å². The van der Waals surface area contributed by atoms with E-state index in [4.69, 9.17) is 0 Å². The molecule has 1 N–H and O–H groups in total. The molecule has 0 saturated carbocycles. The average Bonchev–Trinajstić information content (AvgIpc) is 3.47. The number of rotatable bonds is 4. The second-order valence-electron chi connectivity index (χ2n) is 9.07. The summed E-state index contributed by atoms with van der Waals surface area (Å²) in [6.07, 6.45) is 6.36. The van der Waals surface area contributed by atoms with E-state index in [9.17, 15) is 4.79 Å². The normalized spacial score (nSPS) is 16.7. The van der Waals surface area contributed by atoms with Gasteiger partial charge in [0.2, 0.25) is 5.91 Å². The molecule has 2 aliphatic rings. The van der Waals surface area contributed by atoms with Gasteiger partial charge in [-0.1, -0.05) is 30.3 Å². The Morgan fingerprint density at radius 1 is 1.00 bits per heavy atom. The molecule has 6 rings (SSSR count). The summed E-state index contributed by atoms with van der Waals surface area (Å²) in [6, 6.07) is 18.7. The number of carbonyl (C=O) groups excluding carboxylic acids is 1. The SMILES string of the molecule is Cc1nccn1-c1ccc(N2CCCC(C(=O)Nc3ccc4c(c3)Cc3ccccc3-4)C2)nn1. The van der Waals surface area contributed by atoms with E-state index >= 15 is 0 Å². The highest BCUT2D eigenvalue weighted by Crippen LogP contribution is 2.37. The van der Waals surface area contributed by atoms with Crippen LogP contribution in [0.3, 0.4) is 0 Å². The van der Waals surface area contributed by atoms with Gasteiger partial charge >= 0.3 is 0 Å². The van der Waals surface area contributed by atoms with E-state index in [2.05, 4.69) is 61.8 Å². The van der Waals surface area contributed by atoms with Gasteiger partial charge in [0.05, 0.1) is 5.92 Å². The van der Waals surface area contributed by atoms with Crippen molar-refractivity contribution in [3.05, 3.63) is 83.9 Å². The van der Waals surface area contributed by atoms with Crippen molar-refractivity contribution in [1.82, 2.24) is 19.7 Å². The van der Waals surface area contributed by atoms with Crippen LogP contribution in [0.25, 0.3) is 16.9 Å². The minimum Gasteiger partial charge on any atom is -0.354 e. The number of hydrogen-bond donors (Lipinski definition) is 1. The molecule has 34 heavy (non-hydrogen) atoms. The number of nitrogens with one attached hydrogen (secondary N) is 1. The molecular formula is C27H26N6O. The third kappa shape index (κ3) is 3.73. The number of benzene rings is 2. The zero-order valence-electron chi connectivity index (χ0n) is 19.1. The van der Waals surface area contributed by atoms with Gasteiger partial charge in [-0.05, 0) is 72.7 Å². The van der Waals surface area contributed by atoms with Gasteiger partial charge in [0.25, 0.3) is 0 Å². The van der Waals surface area contributed by atoms with Crippen LogP contribution in [0.4, 0.5) is 11.5 Å². The van der Waals surface area contributed by atoms with E-state index in [0.29, 0.717) is 6.54 Å². The zero-order chi connectivity index (χ0) is 23.1. The summed E-state index contributed by atoms with van der Waals surface area (Å²) in [4.78, 5) is 19.5. The molecule has 1 aliphatic heterocycles. The van der Waals surface area contributed by atoms with Crippen molar-refractivity contribution in [3.63, 3.8) is 0 Å². The summed E-state index contributed by atoms with van der Waals surface area (Å²) in [6.45, 7) is 3.45. The Kier molecular flexibility index (Phi) is 5.09. The molecule has 2 aromatic carbocycles. The lowest BCUT2D eigenvalue weighted by Crippen LogP contribution is -2.41. The van der Waals surface area contributed by atoms with E-state index in [1.165, 1.54) is 22.3 Å². The Balaban J connectivity index is 1.13. The fourth-order valence-corrected chi connectivity index (χ4v) is 5.10. The highest BCUT2D eigenvalue weighted by molar-refractivity contribution is 5.94. The topological polar surface area (TPSA) is 75.9 Å². The number of imidazole rings is 1. The molecule has 1 aliphatic carbocycles. The summed E-state index contributed by atoms with van der Waals surface area (Å²) in [5, 5.41) is 12.0. The van der Waals surface area contributed by atoms with Gasteiger partial charge in [-0.15, -0.1) is 10.2 Å². The second kappa shape index (κ2) is 8.41. The van der Waals surface area contributed by atoms with E-state index in [0.717, 1.165) is 49.0 Å². The van der Waals surface area contributed by atoms with Crippen LogP contribution < -0.4 is 10.2 Å². The monoisotopic (exact) mass is 450 g/mol. The molecular weight excluding hydrogens is 424 g/mol. The number of fused-ring (bicyclic) bond motifs is 3. The molecule has 7 nitrogen and oxygen atoms in total. The number of aromatic nitrogens is 4. The van der Waals surface area contributed by atoms with Crippen molar-refractivity contribution in [1.29, 1.82) is 0 Å². The van der Waals surface area contributed by atoms with Crippen LogP contribution in [0.2, 0.25) is 0 Å². The van der Waals surface area contributed by atoms with Gasteiger partial charge in [-0.2, -0.15) is 0 Å². The standard InChI is InChI=1S/C27H26N6O/c1-18-28-12-14-33(18)26-11-10-25(30-31-26)32-13-4-6-20(17-32)27(34)29-22-8-9-24-21(16-22)15-19-5-2-3-7-23(19)24/h2-3,5,7-12,14,16,20H,4,6,13,15,17H2,1H3,(H,29,34). The fraction of sp³-hybridized carbons (Fsp3) is 0.259. The first-order valence-corrected chi connectivity index (χ1v) is 11.8. The highest BCUT2D eigenvalue weighted by Gasteiger charge is 2.27. The molecule has 4 aromatic rings. The van der Waals surface area contributed by atoms with Crippen LogP contribution in [-0.4, -0.2) is 38.7 Å². The molecule has 0 radical (unpaired) electrons. The van der Waals surface area contributed by atoms with Crippen LogP contribution in [0, 0.1) is 12.8 Å². The number of nitrogens with zero attached hydrogens (tertiary/aromatic N) is 5. The van der Waals surface area contributed by atoms with E-state index in [1.54, 1.807) is 6.20 Å². The molecule has 1 atom stereocenters. The molecule has 170 valence electrons. The summed E-state index contributed by atoms with van der Waals surface area (Å²) >= 11 is 0. The number of amides is 1. The minimum atomic E-state index is -0.0865. The smallest absolute Gasteiger partial charge is 0.229 e. The van der Waals surface area contributed by atoms with E-state index < -0.39 is 0 Å². The quantitative estimate of drug-likeness (QED) is 0.439. The average molecular weight is 451 g/mol. The Bertz CT molecular complexity index is 1360. The largest absolute Gasteiger partial charge is 0.354 e. The molecule has 1 fully saturated rings. The lowest BCUT2D eigenvalue weighted by molar-refractivity contribution is -0.120. The zero-order valence-corrected chi connectivity index (χ0v) is 19.1. The highest BCUT2D eigenvalue weighted by atomic mass is 16.1. The first-order chi connectivity index (χ1) is 16.7. The number of aryl methyl sites for hydroxylation is 1. The van der Waals surface area contributed by atoms with Gasteiger partial charge in [-0.3, -0.25) is 9.36 Å². The molecule has 1 amide bonds. The van der Waals surface area contributed by atoms with Crippen LogP contribution in [0.5, 0.6) is 0 Å². The number of piperidine rings is 1. The first kappa shape index (κ1) is 20.6. The summed E-state index contributed by atoms with van der Waals surface area (Å²) in [5.41, 5.74) is 6.06. The van der Waals surface area contributed by atoms with Crippen molar-refractivity contribution in [2.24, 2.45) is 5.92 Å². The van der Waals surface area contributed by atoms with Crippen molar-refractivity contribution in [2.75, 3.05) is 23.3 Å². The van der Waals surface area contributed by atoms with Crippen LogP contribution in [0.1, 0.15) is 29.8 Å². The van der Waals surface area contributed by atoms with Gasteiger partial charge in [0.1, 0.15) is 5.82 Å². The first-order valence-electron chi connectivity index (χ1n) is 11.8. The second-order valence-corrected chi connectivity index (χ2v) is 9.07. The van der Waals surface area contributed by atoms with Gasteiger partial charge in [0.15, 0.2) is 11.6 Å². The van der Waals surface area contributed by atoms with E-state index in [-0.39, 0.29) is 11.8 Å². The Hall–Kier alpha value is -4.00. The molecule has 3 heterocycles. The van der Waals surface area contributed by atoms with Crippen LogP contribution >= 0.6 is 0 Å². The van der Waals surface area contributed by atoms with Crippen molar-refractivity contribution < 1.29 is 4.79 Å². The maximum absolute atomic E-state index is 13.1. The lowest BCUT2D eigenvalue weighted by atomic mass is 9.97. The third-order valence-electron chi connectivity index (χ3n) is 6.89. The Morgan fingerprint density at radius 3 is 2.65 bits per heavy atom. The number of hydrogen-bond acceptors (Lipinski definition) is 5. The number of anilines is 2. The minimum absolute atomic E-state index is 0.0683. The van der Waals surface area contributed by atoms with Crippen molar-refractivity contribution in [3.8, 4) is 16.9 Å². The number of carbonyl (C=O) groups is 1. The maximum atomic E-state index is 13.1. The molecule has 1 unspecified atom stereocenters. The molecule has 0 bridgehead atoms. The molecule has 2 aromatic heterocycles. The lowest BCUT2D eigenvalue weighted by Gasteiger charge is -2.32. The summed E-state index contributed by atoms with van der Waals surface area (Å²) in [7, 11) is 0. The van der Waals surface area contributed by atoms with Gasteiger partial charge in [0, 0.05) is 31.2 Å². The van der Waals surface area contributed by atoms with Crippen molar-refractivity contribution >= 4 is 17.4 Å². The molecule has 0 spiro atoms. The van der Waals surface area contributed by atoms with Gasteiger partial charge < -0.3 is 10.2 Å². The van der Waals surface area contributed by atoms with Crippen LogP contribution in [-0.2, 0) is 11.2 Å². The predicted molar refractivity (Wildman–Crippen MR) is 132 cm³/mol. The van der Waals surface area contributed by atoms with Crippen molar-refractivity contribution in [2.45, 2.75) is 26.2 Å². The summed E-state index contributed by atoms with van der Waals surface area (Å²) in [5.74, 6) is 2.39. The predicted octanol–water partition coefficient (Wildman–Crippen LogP) is 4.40. The third-order valence-corrected chi connectivity index (χ3v) is 6.89. The van der Waals surface area contributed by atoms with Crippen LogP contribution in [0.15, 0.2) is 67.0 Å². The van der Waals surface area contributed by atoms with E-state index in [1.807, 2.05) is 35.9 Å². The Morgan fingerprint density at radius 2 is 1.82 bits per heavy atom. The maximum Gasteiger partial charge on any atom is 0.229 e. The fourth-order valence-electron chi connectivity index (χ4n) is 5.10.